The molecule has 1 aliphatic rings. The molecular formula is C20H22N4O2S. The summed E-state index contributed by atoms with van der Waals surface area (Å²) in [7, 11) is 1.64. The Kier molecular flexibility index (Phi) is 5.20. The van der Waals surface area contributed by atoms with Gasteiger partial charge in [-0.15, -0.1) is 0 Å². The molecule has 27 heavy (non-hydrogen) atoms. The molecule has 3 aromatic rings. The van der Waals surface area contributed by atoms with Crippen LogP contribution in [0, 0.1) is 5.92 Å². The summed E-state index contributed by atoms with van der Waals surface area (Å²) in [5, 5.41) is 4.02. The molecule has 1 N–H and O–H groups in total. The Morgan fingerprint density at radius 1 is 1.37 bits per heavy atom. The molecule has 3 heterocycles. The van der Waals surface area contributed by atoms with Crippen molar-refractivity contribution in [2.75, 3.05) is 25.1 Å². The van der Waals surface area contributed by atoms with E-state index in [1.54, 1.807) is 24.6 Å². The standard InChI is InChI=1S/C20H22N4O2S/c1-26-16-7-2-5-14(11-16)12-22-18(25)15-6-4-10-24(13-15)20-23-17-8-3-9-21-19(17)27-20/h2-3,5,7-9,11,15H,4,6,10,12-13H2,1H3,(H,22,25)/t15-/m1/s1. The highest BCUT2D eigenvalue weighted by Crippen LogP contribution is 2.30. The SMILES string of the molecule is COc1cccc(CNC(=O)[C@@H]2CCCN(c3nc4cccnc4s3)C2)c1. The van der Waals surface area contributed by atoms with Crippen molar-refractivity contribution in [2.24, 2.45) is 5.92 Å². The highest BCUT2D eigenvalue weighted by atomic mass is 32.1. The third-order valence-electron chi connectivity index (χ3n) is 4.82. The number of fused-ring (bicyclic) bond motifs is 1. The number of thiazole rings is 1. The van der Waals surface area contributed by atoms with E-state index in [2.05, 4.69) is 20.2 Å². The van der Waals surface area contributed by atoms with Gasteiger partial charge in [-0.1, -0.05) is 23.5 Å². The summed E-state index contributed by atoms with van der Waals surface area (Å²) in [5.74, 6) is 0.876. The van der Waals surface area contributed by atoms with Crippen LogP contribution in [0.2, 0.25) is 0 Å². The lowest BCUT2D eigenvalue weighted by Crippen LogP contribution is -2.42. The van der Waals surface area contributed by atoms with Crippen molar-refractivity contribution in [2.45, 2.75) is 19.4 Å². The van der Waals surface area contributed by atoms with Gasteiger partial charge < -0.3 is 15.0 Å². The Labute approximate surface area is 162 Å². The number of pyridine rings is 1. The molecule has 4 rings (SSSR count). The first kappa shape index (κ1) is 17.7. The number of aromatic nitrogens is 2. The molecule has 0 spiro atoms. The molecule has 1 saturated heterocycles. The van der Waals surface area contributed by atoms with E-state index in [1.165, 1.54) is 0 Å². The van der Waals surface area contributed by atoms with Crippen molar-refractivity contribution in [1.29, 1.82) is 0 Å². The van der Waals surface area contributed by atoms with E-state index >= 15 is 0 Å². The van der Waals surface area contributed by atoms with Crippen molar-refractivity contribution in [3.8, 4) is 5.75 Å². The largest absolute Gasteiger partial charge is 0.497 e. The van der Waals surface area contributed by atoms with Gasteiger partial charge in [0.15, 0.2) is 5.13 Å². The van der Waals surface area contributed by atoms with Crippen LogP contribution < -0.4 is 15.0 Å². The number of hydrogen-bond acceptors (Lipinski definition) is 6. The maximum absolute atomic E-state index is 12.7. The maximum Gasteiger partial charge on any atom is 0.225 e. The Morgan fingerprint density at radius 3 is 3.15 bits per heavy atom. The van der Waals surface area contributed by atoms with Gasteiger partial charge in [0.25, 0.3) is 0 Å². The number of anilines is 1. The quantitative estimate of drug-likeness (QED) is 0.734. The van der Waals surface area contributed by atoms with Crippen molar-refractivity contribution in [3.63, 3.8) is 0 Å². The molecule has 0 saturated carbocycles. The second-order valence-electron chi connectivity index (χ2n) is 6.68. The Bertz CT molecular complexity index is 909. The van der Waals surface area contributed by atoms with Crippen molar-refractivity contribution < 1.29 is 9.53 Å². The number of carbonyl (C=O) groups is 1. The van der Waals surface area contributed by atoms with Crippen LogP contribution in [0.15, 0.2) is 42.6 Å². The zero-order valence-corrected chi connectivity index (χ0v) is 16.0. The first-order valence-electron chi connectivity index (χ1n) is 9.10. The number of carbonyl (C=O) groups excluding carboxylic acids is 1. The Balaban J connectivity index is 1.39. The van der Waals surface area contributed by atoms with Gasteiger partial charge in [-0.25, -0.2) is 9.97 Å². The minimum atomic E-state index is -0.0238. The van der Waals surface area contributed by atoms with Crippen LogP contribution in [0.4, 0.5) is 5.13 Å². The topological polar surface area (TPSA) is 67.3 Å². The molecule has 1 atom stereocenters. The second-order valence-corrected chi connectivity index (χ2v) is 7.63. The lowest BCUT2D eigenvalue weighted by atomic mass is 9.97. The van der Waals surface area contributed by atoms with E-state index in [0.29, 0.717) is 13.1 Å². The van der Waals surface area contributed by atoms with E-state index in [9.17, 15) is 4.79 Å². The third-order valence-corrected chi connectivity index (χ3v) is 5.86. The van der Waals surface area contributed by atoms with Gasteiger partial charge in [-0.2, -0.15) is 0 Å². The van der Waals surface area contributed by atoms with Gasteiger partial charge in [0.2, 0.25) is 5.91 Å². The normalized spacial score (nSPS) is 17.1. The summed E-state index contributed by atoms with van der Waals surface area (Å²) in [4.78, 5) is 24.9. The van der Waals surface area contributed by atoms with Gasteiger partial charge in [0.1, 0.15) is 16.1 Å². The van der Waals surface area contributed by atoms with Gasteiger partial charge in [-0.05, 0) is 42.7 Å². The molecule has 0 unspecified atom stereocenters. The monoisotopic (exact) mass is 382 g/mol. The average Bonchev–Trinajstić information content (AvgIpc) is 3.16. The van der Waals surface area contributed by atoms with Gasteiger partial charge >= 0.3 is 0 Å². The number of nitrogens with one attached hydrogen (secondary N) is 1. The zero-order chi connectivity index (χ0) is 18.6. The molecular weight excluding hydrogens is 360 g/mol. The summed E-state index contributed by atoms with van der Waals surface area (Å²) in [6.45, 7) is 2.14. The molecule has 1 fully saturated rings. The minimum Gasteiger partial charge on any atom is -0.497 e. The second kappa shape index (κ2) is 7.92. The molecule has 140 valence electrons. The van der Waals surface area contributed by atoms with Crippen LogP contribution in [0.1, 0.15) is 18.4 Å². The summed E-state index contributed by atoms with van der Waals surface area (Å²) >= 11 is 1.59. The van der Waals surface area contributed by atoms with E-state index in [-0.39, 0.29) is 11.8 Å². The lowest BCUT2D eigenvalue weighted by Gasteiger charge is -2.31. The minimum absolute atomic E-state index is 0.0238. The number of benzene rings is 1. The van der Waals surface area contributed by atoms with Crippen LogP contribution in [0.25, 0.3) is 10.3 Å². The van der Waals surface area contributed by atoms with Crippen molar-refractivity contribution in [3.05, 3.63) is 48.2 Å². The van der Waals surface area contributed by atoms with Gasteiger partial charge in [0.05, 0.1) is 13.0 Å². The number of rotatable bonds is 5. The Hall–Kier alpha value is -2.67. The fraction of sp³-hybridized carbons (Fsp3) is 0.350. The summed E-state index contributed by atoms with van der Waals surface area (Å²) < 4.78 is 5.24. The maximum atomic E-state index is 12.7. The molecule has 6 nitrogen and oxygen atoms in total. The zero-order valence-electron chi connectivity index (χ0n) is 15.2. The van der Waals surface area contributed by atoms with Crippen LogP contribution >= 0.6 is 11.3 Å². The fourth-order valence-electron chi connectivity index (χ4n) is 3.37. The Morgan fingerprint density at radius 2 is 2.30 bits per heavy atom. The molecule has 0 radical (unpaired) electrons. The molecule has 0 bridgehead atoms. The van der Waals surface area contributed by atoms with Crippen LogP contribution in [0.5, 0.6) is 5.75 Å². The van der Waals surface area contributed by atoms with Gasteiger partial charge in [-0.3, -0.25) is 4.79 Å². The number of amides is 1. The highest BCUT2D eigenvalue weighted by molar-refractivity contribution is 7.21. The van der Waals surface area contributed by atoms with Gasteiger partial charge in [0, 0.05) is 25.8 Å². The first-order valence-corrected chi connectivity index (χ1v) is 9.92. The lowest BCUT2D eigenvalue weighted by molar-refractivity contribution is -0.125. The molecule has 1 aromatic carbocycles. The number of methoxy groups -OCH3 is 1. The molecule has 1 aliphatic heterocycles. The fourth-order valence-corrected chi connectivity index (χ4v) is 4.32. The number of ether oxygens (including phenoxy) is 1. The van der Waals surface area contributed by atoms with E-state index in [0.717, 1.165) is 46.2 Å². The van der Waals surface area contributed by atoms with Crippen LogP contribution in [0.3, 0.4) is 0 Å². The van der Waals surface area contributed by atoms with Crippen molar-refractivity contribution in [1.82, 2.24) is 15.3 Å². The molecule has 2 aromatic heterocycles. The molecule has 1 amide bonds. The summed E-state index contributed by atoms with van der Waals surface area (Å²) in [6, 6.07) is 11.6. The number of nitrogens with zero attached hydrogens (tertiary/aromatic N) is 3. The number of piperidine rings is 1. The van der Waals surface area contributed by atoms with E-state index in [4.69, 9.17) is 4.74 Å². The summed E-state index contributed by atoms with van der Waals surface area (Å²) in [5.41, 5.74) is 1.95. The first-order chi connectivity index (χ1) is 13.2. The molecule has 0 aliphatic carbocycles. The average molecular weight is 382 g/mol. The van der Waals surface area contributed by atoms with E-state index in [1.807, 2.05) is 36.4 Å². The van der Waals surface area contributed by atoms with Crippen molar-refractivity contribution >= 4 is 32.7 Å². The molecule has 7 heteroatoms. The smallest absolute Gasteiger partial charge is 0.225 e. The predicted octanol–water partition coefficient (Wildman–Crippen LogP) is 3.23. The van der Waals surface area contributed by atoms with E-state index < -0.39 is 0 Å². The van der Waals surface area contributed by atoms with Crippen LogP contribution in [-0.4, -0.2) is 36.1 Å². The summed E-state index contributed by atoms with van der Waals surface area (Å²) in [6.07, 6.45) is 3.68. The predicted molar refractivity (Wildman–Crippen MR) is 107 cm³/mol. The van der Waals surface area contributed by atoms with Crippen LogP contribution in [-0.2, 0) is 11.3 Å². The number of hydrogen-bond donors (Lipinski definition) is 1. The highest BCUT2D eigenvalue weighted by Gasteiger charge is 2.27. The third kappa shape index (κ3) is 4.03.